The van der Waals surface area contributed by atoms with E-state index in [1.807, 2.05) is 0 Å². The highest BCUT2D eigenvalue weighted by molar-refractivity contribution is 7.26. The van der Waals surface area contributed by atoms with Crippen molar-refractivity contribution in [2.45, 2.75) is 0 Å². The summed E-state index contributed by atoms with van der Waals surface area (Å²) in [6, 6.07) is -33.1. The Kier molecular flexibility index (Phi) is 2.76. The maximum atomic E-state index is 10.5. The molecule has 240 valence electrons. The molecule has 8 aromatic carbocycles. The predicted molar refractivity (Wildman–Crippen MR) is 219 cm³/mol. The number of thiophene rings is 1. The Morgan fingerprint density at radius 3 is 1.69 bits per heavy atom. The second kappa shape index (κ2) is 12.2. The van der Waals surface area contributed by atoms with E-state index >= 15 is 0 Å². The van der Waals surface area contributed by atoms with Gasteiger partial charge in [-0.1, -0.05) is 133 Å². The van der Waals surface area contributed by atoms with Crippen LogP contribution in [0, 0.1) is 0 Å². The Morgan fingerprint density at radius 2 is 0.961 bits per heavy atom. The average molecular weight is 701 g/mol. The molecule has 10 rings (SSSR count). The average Bonchev–Trinajstić information content (AvgIpc) is 3.88. The van der Waals surface area contributed by atoms with Crippen LogP contribution in [0.3, 0.4) is 0 Å². The van der Waals surface area contributed by atoms with Crippen molar-refractivity contribution in [3.05, 3.63) is 193 Å². The summed E-state index contributed by atoms with van der Waals surface area (Å²) in [5.74, 6) is 0. The molecule has 0 aliphatic heterocycles. The Bertz CT molecular complexity index is 4550. The van der Waals surface area contributed by atoms with Gasteiger partial charge in [0.05, 0.1) is 60.6 Å². The van der Waals surface area contributed by atoms with Crippen molar-refractivity contribution < 1.29 is 43.9 Å². The van der Waals surface area contributed by atoms with Gasteiger partial charge in [-0.25, -0.2) is 0 Å². The SMILES string of the molecule is [2H]c1c([2H])c([2H])c(-c2c([2H])c([2H])c(N(c3c([2H])c([2H])c([2H])c([2H])c3[2H])c3c([2H])c(-c4c([2H])c([2H])c([2H])c([2H])c4-n4c5c([2H])c([2H])c([2H])c([2H])c5c5c([2H])c([2H])c([2H])c([2H])c54)c4sc5c([2H])c([2H])c([2H])c([2H])c5c4c3[2H])c([2H])c2[2H])c([2H])c1[2H]. The molecule has 0 amide bonds. The molecule has 2 aromatic heterocycles. The van der Waals surface area contributed by atoms with Crippen LogP contribution in [0.15, 0.2) is 193 Å². The van der Waals surface area contributed by atoms with Gasteiger partial charge >= 0.3 is 0 Å². The minimum atomic E-state index is -1.28. The third-order valence-electron chi connectivity index (χ3n) is 7.74. The van der Waals surface area contributed by atoms with Crippen LogP contribution in [0.25, 0.3) is 69.9 Å². The second-order valence-electron chi connectivity index (χ2n) is 10.5. The van der Waals surface area contributed by atoms with E-state index in [0.29, 0.717) is 20.8 Å². The van der Waals surface area contributed by atoms with E-state index in [9.17, 15) is 17.8 Å². The molecule has 0 bridgehead atoms. The summed E-state index contributed by atoms with van der Waals surface area (Å²) < 4.78 is 290. The summed E-state index contributed by atoms with van der Waals surface area (Å²) in [4.78, 5) is 0.355. The predicted octanol–water partition coefficient (Wildman–Crippen LogP) is 14.0. The zero-order valence-corrected chi connectivity index (χ0v) is 26.1. The van der Waals surface area contributed by atoms with Crippen molar-refractivity contribution in [2.75, 3.05) is 4.90 Å². The standard InChI is InChI=1S/C48H32N2S/c1-3-15-33(16-4-1)34-27-29-36(30-28-34)49(35-17-5-2-6-18-35)37-31-42(48-43(32-37)41-22-10-14-26-47(41)51-48)40-21-9-13-25-46(40)50-44-23-11-7-19-38(44)39-20-8-12-24-45(39)50/h1-32H/i1D,2D,3D,4D,5D,6D,7D,8D,9D,10D,11D,12D,13D,14D,15D,16D,17D,18D,19D,20D,21D,22D,23D,24D,25D,26D,27D,28D,29D,30D,31D,32D. The van der Waals surface area contributed by atoms with E-state index in [2.05, 4.69) is 0 Å². The minimum Gasteiger partial charge on any atom is -0.310 e. The molecule has 10 aromatic rings. The number of aromatic nitrogens is 1. The highest BCUT2D eigenvalue weighted by atomic mass is 32.1. The smallest absolute Gasteiger partial charge is 0.0652 e. The van der Waals surface area contributed by atoms with Crippen LogP contribution >= 0.6 is 11.3 Å². The number of anilines is 3. The summed E-state index contributed by atoms with van der Waals surface area (Å²) in [6.45, 7) is 0. The fourth-order valence-corrected chi connectivity index (χ4v) is 6.71. The van der Waals surface area contributed by atoms with E-state index in [-0.39, 0.29) is 4.70 Å². The first-order chi connectivity index (χ1) is 38.6. The molecule has 0 fully saturated rings. The summed E-state index contributed by atoms with van der Waals surface area (Å²) >= 11 is 0.427. The zero-order valence-electron chi connectivity index (χ0n) is 57.3. The van der Waals surface area contributed by atoms with E-state index in [1.54, 1.807) is 0 Å². The molecule has 0 aliphatic carbocycles. The molecule has 0 unspecified atom stereocenters. The van der Waals surface area contributed by atoms with Gasteiger partial charge in [-0.15, -0.1) is 11.3 Å². The molecule has 0 radical (unpaired) electrons. The van der Waals surface area contributed by atoms with Gasteiger partial charge in [0.25, 0.3) is 0 Å². The molecule has 0 aliphatic rings. The summed E-state index contributed by atoms with van der Waals surface area (Å²) in [5.41, 5.74) is -9.34. The number of benzene rings is 8. The fraction of sp³-hybridized carbons (Fsp3) is 0. The lowest BCUT2D eigenvalue weighted by Gasteiger charge is -2.27. The minimum absolute atomic E-state index is 0.355. The van der Waals surface area contributed by atoms with E-state index in [1.165, 1.54) is 0 Å². The Morgan fingerprint density at radius 1 is 0.412 bits per heavy atom. The first-order valence-electron chi connectivity index (χ1n) is 30.7. The first-order valence-corrected chi connectivity index (χ1v) is 15.6. The van der Waals surface area contributed by atoms with Crippen LogP contribution in [0.1, 0.15) is 43.9 Å². The lowest BCUT2D eigenvalue weighted by Crippen LogP contribution is -2.10. The van der Waals surface area contributed by atoms with Crippen molar-refractivity contribution in [3.8, 4) is 27.9 Å². The van der Waals surface area contributed by atoms with Gasteiger partial charge in [-0.2, -0.15) is 0 Å². The van der Waals surface area contributed by atoms with Crippen LogP contribution in [0.4, 0.5) is 17.1 Å². The van der Waals surface area contributed by atoms with Crippen LogP contribution < -0.4 is 4.90 Å². The third-order valence-corrected chi connectivity index (χ3v) is 8.86. The highest BCUT2D eigenvalue weighted by Gasteiger charge is 2.21. The van der Waals surface area contributed by atoms with Gasteiger partial charge in [-0.05, 0) is 71.6 Å². The van der Waals surface area contributed by atoms with Crippen LogP contribution in [0.5, 0.6) is 0 Å². The molecule has 0 N–H and O–H groups in total. The quantitative estimate of drug-likeness (QED) is 0.168. The van der Waals surface area contributed by atoms with Crippen LogP contribution in [-0.4, -0.2) is 4.57 Å². The topological polar surface area (TPSA) is 8.17 Å². The maximum absolute atomic E-state index is 10.5. The number of nitrogens with zero attached hydrogens (tertiary/aromatic N) is 2. The van der Waals surface area contributed by atoms with Crippen molar-refractivity contribution in [2.24, 2.45) is 0 Å². The van der Waals surface area contributed by atoms with E-state index in [4.69, 9.17) is 26.0 Å². The molecule has 0 saturated carbocycles. The molecule has 2 heterocycles. The van der Waals surface area contributed by atoms with Gasteiger partial charge in [-0.3, -0.25) is 0 Å². The number of fused-ring (bicyclic) bond motifs is 6. The number of hydrogen-bond donors (Lipinski definition) is 0. The van der Waals surface area contributed by atoms with Gasteiger partial charge < -0.3 is 9.47 Å². The van der Waals surface area contributed by atoms with Crippen molar-refractivity contribution >= 4 is 70.4 Å². The van der Waals surface area contributed by atoms with Crippen molar-refractivity contribution in [1.82, 2.24) is 4.57 Å². The van der Waals surface area contributed by atoms with Gasteiger partial charge in [0.2, 0.25) is 0 Å². The van der Waals surface area contributed by atoms with Gasteiger partial charge in [0, 0.05) is 59.1 Å². The Hall–Kier alpha value is -6.42. The third kappa shape index (κ3) is 4.93. The van der Waals surface area contributed by atoms with Crippen molar-refractivity contribution in [3.63, 3.8) is 0 Å². The fourth-order valence-electron chi connectivity index (χ4n) is 5.64. The maximum Gasteiger partial charge on any atom is 0.0652 e. The summed E-state index contributed by atoms with van der Waals surface area (Å²) in [7, 11) is 0. The van der Waals surface area contributed by atoms with Crippen LogP contribution in [0.2, 0.25) is 0 Å². The molecule has 3 heteroatoms. The monoisotopic (exact) mass is 700 g/mol. The summed E-state index contributed by atoms with van der Waals surface area (Å²) in [6.07, 6.45) is 0. The summed E-state index contributed by atoms with van der Waals surface area (Å²) in [5, 5.41) is -2.35. The second-order valence-corrected chi connectivity index (χ2v) is 11.5. The largest absolute Gasteiger partial charge is 0.310 e. The molecule has 0 saturated heterocycles. The Labute approximate surface area is 345 Å². The highest BCUT2D eigenvalue weighted by Crippen LogP contribution is 2.47. The molecular weight excluding hydrogens is 637 g/mol. The zero-order chi connectivity index (χ0) is 61.6. The van der Waals surface area contributed by atoms with E-state index in [0.717, 1.165) is 0 Å². The molecular formula is C48H32N2S. The first kappa shape index (κ1) is 11.6. The number of rotatable bonds is 6. The van der Waals surface area contributed by atoms with Gasteiger partial charge in [0.15, 0.2) is 0 Å². The van der Waals surface area contributed by atoms with Crippen molar-refractivity contribution in [1.29, 1.82) is 0 Å². The molecule has 2 nitrogen and oxygen atoms in total. The number of para-hydroxylation sites is 4. The molecule has 0 spiro atoms. The van der Waals surface area contributed by atoms with Gasteiger partial charge in [0.1, 0.15) is 0 Å². The van der Waals surface area contributed by atoms with Crippen LogP contribution in [-0.2, 0) is 0 Å². The molecule has 0 atom stereocenters. The lowest BCUT2D eigenvalue weighted by atomic mass is 9.98. The molecule has 51 heavy (non-hydrogen) atoms. The van der Waals surface area contributed by atoms with E-state index < -0.39 is 276 Å². The normalized spacial score (nSPS) is 20.3. The number of hydrogen-bond acceptors (Lipinski definition) is 2. The lowest BCUT2D eigenvalue weighted by molar-refractivity contribution is 1.18. The Balaban J connectivity index is 1.53.